The Morgan fingerprint density at radius 1 is 1.35 bits per heavy atom. The number of nitrogens with one attached hydrogen (secondary N) is 1. The molecule has 0 fully saturated rings. The molecule has 0 unspecified atom stereocenters. The highest BCUT2D eigenvalue weighted by Crippen LogP contribution is 2.23. The molecule has 7 heteroatoms. The van der Waals surface area contributed by atoms with Crippen molar-refractivity contribution in [1.29, 1.82) is 0 Å². The van der Waals surface area contributed by atoms with Gasteiger partial charge in [-0.15, -0.1) is 0 Å². The van der Waals surface area contributed by atoms with Crippen molar-refractivity contribution in [2.75, 3.05) is 5.32 Å². The Bertz CT molecular complexity index is 836. The first kappa shape index (κ1) is 15.0. The van der Waals surface area contributed by atoms with Crippen LogP contribution in [0.15, 0.2) is 47.1 Å². The summed E-state index contributed by atoms with van der Waals surface area (Å²) in [5, 5.41) is 6.94. The van der Waals surface area contributed by atoms with Crippen LogP contribution in [0.1, 0.15) is 16.1 Å². The Balaban J connectivity index is 1.84. The second kappa shape index (κ2) is 6.05. The lowest BCUT2D eigenvalue weighted by Crippen LogP contribution is -2.14. The summed E-state index contributed by atoms with van der Waals surface area (Å²) in [5.41, 5.74) is 7.45. The highest BCUT2D eigenvalue weighted by molar-refractivity contribution is 6.04. The van der Waals surface area contributed by atoms with E-state index in [-0.39, 0.29) is 18.3 Å². The number of amides is 1. The minimum Gasteiger partial charge on any atom is -0.467 e. The van der Waals surface area contributed by atoms with Crippen LogP contribution in [-0.2, 0) is 13.6 Å². The third-order valence-corrected chi connectivity index (χ3v) is 3.44. The maximum absolute atomic E-state index is 13.0. The number of aryl methyl sites for hydroxylation is 1. The molecular weight excluding hydrogens is 299 g/mol. The predicted octanol–water partition coefficient (Wildman–Crippen LogP) is 2.53. The first-order chi connectivity index (χ1) is 11.1. The van der Waals surface area contributed by atoms with Gasteiger partial charge in [-0.2, -0.15) is 5.10 Å². The Morgan fingerprint density at radius 3 is 2.78 bits per heavy atom. The van der Waals surface area contributed by atoms with Crippen molar-refractivity contribution in [3.05, 3.63) is 59.8 Å². The van der Waals surface area contributed by atoms with E-state index in [2.05, 4.69) is 10.4 Å². The number of halogens is 1. The molecule has 0 aliphatic rings. The Morgan fingerprint density at radius 2 is 2.09 bits per heavy atom. The van der Waals surface area contributed by atoms with Gasteiger partial charge in [0.25, 0.3) is 5.91 Å². The minimum atomic E-state index is -0.344. The van der Waals surface area contributed by atoms with Crippen molar-refractivity contribution < 1.29 is 13.6 Å². The first-order valence-corrected chi connectivity index (χ1v) is 6.96. The molecule has 2 heterocycles. The van der Waals surface area contributed by atoms with Crippen LogP contribution in [0.2, 0.25) is 0 Å². The van der Waals surface area contributed by atoms with Gasteiger partial charge < -0.3 is 15.5 Å². The zero-order chi connectivity index (χ0) is 16.4. The number of hydrogen-bond donors (Lipinski definition) is 2. The van der Waals surface area contributed by atoms with Crippen LogP contribution in [0.5, 0.6) is 0 Å². The molecule has 0 radical (unpaired) electrons. The molecule has 23 heavy (non-hydrogen) atoms. The van der Waals surface area contributed by atoms with Gasteiger partial charge in [0.1, 0.15) is 11.6 Å². The van der Waals surface area contributed by atoms with Gasteiger partial charge in [0.2, 0.25) is 0 Å². The number of carbonyl (C=O) groups excluding carboxylic acids is 1. The first-order valence-electron chi connectivity index (χ1n) is 6.96. The standard InChI is InChI=1S/C16H15FN4O2/c1-21-13(10-2-4-11(17)5-3-10)8-15(20-21)19-16(22)12-6-7-23-14(12)9-18/h2-8H,9,18H2,1H3,(H,19,20,22). The van der Waals surface area contributed by atoms with Crippen molar-refractivity contribution >= 4 is 11.7 Å². The molecule has 0 bridgehead atoms. The zero-order valence-electron chi connectivity index (χ0n) is 12.4. The fraction of sp³-hybridized carbons (Fsp3) is 0.125. The van der Waals surface area contributed by atoms with Crippen LogP contribution in [0.25, 0.3) is 11.3 Å². The average molecular weight is 314 g/mol. The van der Waals surface area contributed by atoms with Crippen molar-refractivity contribution in [1.82, 2.24) is 9.78 Å². The van der Waals surface area contributed by atoms with Crippen molar-refractivity contribution in [2.24, 2.45) is 12.8 Å². The molecule has 0 aliphatic heterocycles. The highest BCUT2D eigenvalue weighted by atomic mass is 19.1. The lowest BCUT2D eigenvalue weighted by molar-refractivity contribution is 0.102. The number of nitrogens with two attached hydrogens (primary N) is 1. The number of anilines is 1. The molecule has 3 aromatic rings. The summed E-state index contributed by atoms with van der Waals surface area (Å²) in [6.45, 7) is 0.138. The average Bonchev–Trinajstić information content (AvgIpc) is 3.14. The lowest BCUT2D eigenvalue weighted by atomic mass is 10.1. The number of hydrogen-bond acceptors (Lipinski definition) is 4. The Labute approximate surface area is 131 Å². The molecule has 0 atom stereocenters. The van der Waals surface area contributed by atoms with Crippen LogP contribution in [0.4, 0.5) is 10.2 Å². The molecule has 0 aliphatic carbocycles. The predicted molar refractivity (Wildman–Crippen MR) is 83.2 cm³/mol. The van der Waals surface area contributed by atoms with E-state index in [9.17, 15) is 9.18 Å². The summed E-state index contributed by atoms with van der Waals surface area (Å²) < 4.78 is 19.8. The van der Waals surface area contributed by atoms with Crippen molar-refractivity contribution in [2.45, 2.75) is 6.54 Å². The second-order valence-corrected chi connectivity index (χ2v) is 4.96. The van der Waals surface area contributed by atoms with Gasteiger partial charge in [-0.25, -0.2) is 4.39 Å². The third kappa shape index (κ3) is 3.00. The maximum atomic E-state index is 13.0. The number of rotatable bonds is 4. The van der Waals surface area contributed by atoms with Gasteiger partial charge in [0.05, 0.1) is 24.1 Å². The highest BCUT2D eigenvalue weighted by Gasteiger charge is 2.16. The Kier molecular flexibility index (Phi) is 3.94. The summed E-state index contributed by atoms with van der Waals surface area (Å²) in [4.78, 5) is 12.2. The molecular formula is C16H15FN4O2. The zero-order valence-corrected chi connectivity index (χ0v) is 12.4. The minimum absolute atomic E-state index is 0.138. The molecule has 6 nitrogen and oxygen atoms in total. The summed E-state index contributed by atoms with van der Waals surface area (Å²) in [7, 11) is 1.75. The molecule has 0 saturated heterocycles. The monoisotopic (exact) mass is 314 g/mol. The van der Waals surface area contributed by atoms with Gasteiger partial charge in [-0.05, 0) is 30.3 Å². The molecule has 0 spiro atoms. The molecule has 1 amide bonds. The fourth-order valence-electron chi connectivity index (χ4n) is 2.30. The molecule has 3 N–H and O–H groups in total. The number of nitrogens with zero attached hydrogens (tertiary/aromatic N) is 2. The van der Waals surface area contributed by atoms with Crippen LogP contribution in [0.3, 0.4) is 0 Å². The summed E-state index contributed by atoms with van der Waals surface area (Å²) >= 11 is 0. The fourth-order valence-corrected chi connectivity index (χ4v) is 2.30. The third-order valence-electron chi connectivity index (χ3n) is 3.44. The van der Waals surface area contributed by atoms with Gasteiger partial charge in [-0.3, -0.25) is 9.48 Å². The van der Waals surface area contributed by atoms with Crippen LogP contribution >= 0.6 is 0 Å². The Hall–Kier alpha value is -2.93. The van der Waals surface area contributed by atoms with Crippen LogP contribution < -0.4 is 11.1 Å². The SMILES string of the molecule is Cn1nc(NC(=O)c2ccoc2CN)cc1-c1ccc(F)cc1. The quantitative estimate of drug-likeness (QED) is 0.775. The lowest BCUT2D eigenvalue weighted by Gasteiger charge is -2.00. The van der Waals surface area contributed by atoms with E-state index < -0.39 is 0 Å². The second-order valence-electron chi connectivity index (χ2n) is 4.96. The van der Waals surface area contributed by atoms with Gasteiger partial charge in [0, 0.05) is 18.7 Å². The molecule has 118 valence electrons. The van der Waals surface area contributed by atoms with Gasteiger partial charge in [-0.1, -0.05) is 0 Å². The van der Waals surface area contributed by atoms with E-state index in [4.69, 9.17) is 10.2 Å². The van der Waals surface area contributed by atoms with E-state index in [1.807, 2.05) is 0 Å². The maximum Gasteiger partial charge on any atom is 0.260 e. The van der Waals surface area contributed by atoms with E-state index >= 15 is 0 Å². The van der Waals surface area contributed by atoms with Crippen LogP contribution in [0, 0.1) is 5.82 Å². The van der Waals surface area contributed by atoms with Gasteiger partial charge in [0.15, 0.2) is 5.82 Å². The number of carbonyl (C=O) groups is 1. The molecule has 2 aromatic heterocycles. The molecule has 3 rings (SSSR count). The van der Waals surface area contributed by atoms with Crippen molar-refractivity contribution in [3.63, 3.8) is 0 Å². The smallest absolute Gasteiger partial charge is 0.260 e. The normalized spacial score (nSPS) is 10.7. The summed E-state index contributed by atoms with van der Waals surface area (Å²) in [6.07, 6.45) is 1.42. The molecule has 1 aromatic carbocycles. The summed E-state index contributed by atoms with van der Waals surface area (Å²) in [5.74, 6) is 0.153. The van der Waals surface area contributed by atoms with Crippen LogP contribution in [-0.4, -0.2) is 15.7 Å². The van der Waals surface area contributed by atoms with E-state index in [0.717, 1.165) is 11.3 Å². The topological polar surface area (TPSA) is 86.1 Å². The number of benzene rings is 1. The van der Waals surface area contributed by atoms with E-state index in [0.29, 0.717) is 17.1 Å². The van der Waals surface area contributed by atoms with E-state index in [1.165, 1.54) is 18.4 Å². The largest absolute Gasteiger partial charge is 0.467 e. The molecule has 0 saturated carbocycles. The summed E-state index contributed by atoms with van der Waals surface area (Å²) in [6, 6.07) is 9.33. The van der Waals surface area contributed by atoms with E-state index in [1.54, 1.807) is 36.0 Å². The number of furan rings is 1. The number of aromatic nitrogens is 2. The van der Waals surface area contributed by atoms with Crippen molar-refractivity contribution in [3.8, 4) is 11.3 Å². The van der Waals surface area contributed by atoms with Gasteiger partial charge >= 0.3 is 0 Å².